The first-order chi connectivity index (χ1) is 9.45. The van der Waals surface area contributed by atoms with Crippen LogP contribution >= 0.6 is 0 Å². The molecular formula is C14H17N3O3. The lowest BCUT2D eigenvalue weighted by atomic mass is 9.97. The molecule has 6 heteroatoms. The van der Waals surface area contributed by atoms with Crippen molar-refractivity contribution in [3.63, 3.8) is 0 Å². The van der Waals surface area contributed by atoms with Crippen LogP contribution in [0.25, 0.3) is 11.1 Å². The second-order valence-corrected chi connectivity index (χ2v) is 4.78. The highest BCUT2D eigenvalue weighted by Gasteiger charge is 2.21. The van der Waals surface area contributed by atoms with E-state index in [0.29, 0.717) is 22.8 Å². The smallest absolute Gasteiger partial charge is 0.354 e. The number of aromatic nitrogens is 2. The molecular weight excluding hydrogens is 258 g/mol. The molecule has 0 atom stereocenters. The summed E-state index contributed by atoms with van der Waals surface area (Å²) in [5, 5.41) is 15.4. The summed E-state index contributed by atoms with van der Waals surface area (Å²) in [7, 11) is 1.54. The standard InChI is InChI=1S/C14H17N3O3/c1-7(2)8-4-5-9(10(6-8)20-3)11-12(14(18)19)16-17-13(11)15/h4-7H,1-3H3,(H,18,19)(H3,15,16,17). The number of nitrogens with zero attached hydrogens (tertiary/aromatic N) is 1. The summed E-state index contributed by atoms with van der Waals surface area (Å²) in [5.41, 5.74) is 7.79. The molecule has 4 N–H and O–H groups in total. The van der Waals surface area contributed by atoms with Gasteiger partial charge in [-0.25, -0.2) is 4.79 Å². The van der Waals surface area contributed by atoms with E-state index in [4.69, 9.17) is 10.5 Å². The van der Waals surface area contributed by atoms with Crippen LogP contribution in [0.4, 0.5) is 5.82 Å². The number of rotatable bonds is 4. The monoisotopic (exact) mass is 275 g/mol. The summed E-state index contributed by atoms with van der Waals surface area (Å²) in [6, 6.07) is 5.63. The Balaban J connectivity index is 2.64. The molecule has 0 aliphatic rings. The van der Waals surface area contributed by atoms with Gasteiger partial charge in [-0.3, -0.25) is 5.10 Å². The molecule has 1 aromatic heterocycles. The zero-order chi connectivity index (χ0) is 14.9. The minimum absolute atomic E-state index is 0.0434. The van der Waals surface area contributed by atoms with Gasteiger partial charge in [0.05, 0.1) is 12.7 Å². The van der Waals surface area contributed by atoms with Gasteiger partial charge in [-0.2, -0.15) is 5.10 Å². The molecule has 2 rings (SSSR count). The third kappa shape index (κ3) is 2.32. The Morgan fingerprint density at radius 2 is 2.15 bits per heavy atom. The number of anilines is 1. The molecule has 0 aliphatic heterocycles. The fraction of sp³-hybridized carbons (Fsp3) is 0.286. The van der Waals surface area contributed by atoms with E-state index in [-0.39, 0.29) is 11.5 Å². The van der Waals surface area contributed by atoms with Crippen LogP contribution in [0.3, 0.4) is 0 Å². The minimum Gasteiger partial charge on any atom is -0.496 e. The van der Waals surface area contributed by atoms with Gasteiger partial charge in [-0.1, -0.05) is 26.0 Å². The maximum Gasteiger partial charge on any atom is 0.354 e. The van der Waals surface area contributed by atoms with E-state index in [1.54, 1.807) is 7.11 Å². The van der Waals surface area contributed by atoms with Crippen molar-refractivity contribution < 1.29 is 14.6 Å². The number of aromatic amines is 1. The van der Waals surface area contributed by atoms with Gasteiger partial charge < -0.3 is 15.6 Å². The number of nitrogens with two attached hydrogens (primary N) is 1. The highest BCUT2D eigenvalue weighted by Crippen LogP contribution is 2.37. The van der Waals surface area contributed by atoms with E-state index >= 15 is 0 Å². The molecule has 20 heavy (non-hydrogen) atoms. The van der Waals surface area contributed by atoms with Crippen LogP contribution in [0.5, 0.6) is 5.75 Å². The lowest BCUT2D eigenvalue weighted by Crippen LogP contribution is -2.01. The van der Waals surface area contributed by atoms with Crippen molar-refractivity contribution in [2.24, 2.45) is 0 Å². The third-order valence-electron chi connectivity index (χ3n) is 3.17. The Hall–Kier alpha value is -2.50. The summed E-state index contributed by atoms with van der Waals surface area (Å²) in [6.45, 7) is 4.15. The van der Waals surface area contributed by atoms with Crippen LogP contribution in [0.1, 0.15) is 35.8 Å². The summed E-state index contributed by atoms with van der Waals surface area (Å²) in [4.78, 5) is 11.2. The quantitative estimate of drug-likeness (QED) is 0.795. The second-order valence-electron chi connectivity index (χ2n) is 4.78. The van der Waals surface area contributed by atoms with Gasteiger partial charge in [0.1, 0.15) is 5.75 Å². The van der Waals surface area contributed by atoms with E-state index in [1.165, 1.54) is 0 Å². The highest BCUT2D eigenvalue weighted by molar-refractivity contribution is 5.98. The predicted molar refractivity (Wildman–Crippen MR) is 76.0 cm³/mol. The Bertz CT molecular complexity index is 647. The Morgan fingerprint density at radius 1 is 1.45 bits per heavy atom. The molecule has 0 spiro atoms. The average molecular weight is 275 g/mol. The van der Waals surface area contributed by atoms with Gasteiger partial charge in [0.15, 0.2) is 11.5 Å². The van der Waals surface area contributed by atoms with Crippen molar-refractivity contribution in [1.82, 2.24) is 10.2 Å². The Kier molecular flexibility index (Phi) is 3.65. The molecule has 0 aliphatic carbocycles. The Labute approximate surface area is 116 Å². The van der Waals surface area contributed by atoms with Crippen molar-refractivity contribution in [2.45, 2.75) is 19.8 Å². The molecule has 1 heterocycles. The molecule has 0 saturated heterocycles. The molecule has 1 aromatic carbocycles. The molecule has 0 saturated carbocycles. The Morgan fingerprint density at radius 3 is 2.70 bits per heavy atom. The van der Waals surface area contributed by atoms with Gasteiger partial charge in [-0.15, -0.1) is 0 Å². The second kappa shape index (κ2) is 5.24. The highest BCUT2D eigenvalue weighted by atomic mass is 16.5. The number of carboxylic acid groups (broad SMARTS) is 1. The number of nitrogens with one attached hydrogen (secondary N) is 1. The first kappa shape index (κ1) is 13.9. The van der Waals surface area contributed by atoms with E-state index in [2.05, 4.69) is 24.0 Å². The van der Waals surface area contributed by atoms with Gasteiger partial charge in [0.25, 0.3) is 0 Å². The van der Waals surface area contributed by atoms with E-state index in [1.807, 2.05) is 18.2 Å². The number of ether oxygens (including phenoxy) is 1. The molecule has 6 nitrogen and oxygen atoms in total. The van der Waals surface area contributed by atoms with Crippen LogP contribution in [-0.2, 0) is 0 Å². The first-order valence-electron chi connectivity index (χ1n) is 6.21. The van der Waals surface area contributed by atoms with Crippen molar-refractivity contribution in [1.29, 1.82) is 0 Å². The third-order valence-corrected chi connectivity index (χ3v) is 3.17. The van der Waals surface area contributed by atoms with Crippen molar-refractivity contribution >= 4 is 11.8 Å². The zero-order valence-corrected chi connectivity index (χ0v) is 11.6. The molecule has 2 aromatic rings. The number of carboxylic acids is 1. The number of methoxy groups -OCH3 is 1. The molecule has 0 bridgehead atoms. The first-order valence-corrected chi connectivity index (χ1v) is 6.21. The fourth-order valence-corrected chi connectivity index (χ4v) is 2.06. The van der Waals surface area contributed by atoms with Crippen LogP contribution < -0.4 is 10.5 Å². The number of hydrogen-bond acceptors (Lipinski definition) is 4. The lowest BCUT2D eigenvalue weighted by molar-refractivity contribution is 0.0691. The van der Waals surface area contributed by atoms with Crippen molar-refractivity contribution in [3.05, 3.63) is 29.5 Å². The molecule has 0 unspecified atom stereocenters. The number of hydrogen-bond donors (Lipinski definition) is 3. The van der Waals surface area contributed by atoms with E-state index in [0.717, 1.165) is 5.56 Å². The van der Waals surface area contributed by atoms with E-state index < -0.39 is 5.97 Å². The van der Waals surface area contributed by atoms with Crippen LogP contribution in [0.15, 0.2) is 18.2 Å². The molecule has 0 radical (unpaired) electrons. The van der Waals surface area contributed by atoms with Crippen molar-refractivity contribution in [2.75, 3.05) is 12.8 Å². The van der Waals surface area contributed by atoms with Crippen LogP contribution in [-0.4, -0.2) is 28.4 Å². The SMILES string of the molecule is COc1cc(C(C)C)ccc1-c1c(N)n[nH]c1C(=O)O. The number of aromatic carboxylic acids is 1. The van der Waals surface area contributed by atoms with Gasteiger partial charge in [0.2, 0.25) is 0 Å². The zero-order valence-electron chi connectivity index (χ0n) is 11.6. The maximum atomic E-state index is 11.2. The normalized spacial score (nSPS) is 10.8. The number of H-pyrrole nitrogens is 1. The lowest BCUT2D eigenvalue weighted by Gasteiger charge is -2.12. The van der Waals surface area contributed by atoms with Crippen molar-refractivity contribution in [3.8, 4) is 16.9 Å². The molecule has 0 amide bonds. The summed E-state index contributed by atoms with van der Waals surface area (Å²) < 4.78 is 5.36. The number of carbonyl (C=O) groups is 1. The number of nitrogen functional groups attached to an aromatic ring is 1. The van der Waals surface area contributed by atoms with Gasteiger partial charge in [-0.05, 0) is 17.5 Å². The predicted octanol–water partition coefficient (Wildman–Crippen LogP) is 2.49. The topological polar surface area (TPSA) is 101 Å². The maximum absolute atomic E-state index is 11.2. The minimum atomic E-state index is -1.11. The molecule has 106 valence electrons. The average Bonchev–Trinajstić information content (AvgIpc) is 2.79. The fourth-order valence-electron chi connectivity index (χ4n) is 2.06. The summed E-state index contributed by atoms with van der Waals surface area (Å²) in [6.07, 6.45) is 0. The van der Waals surface area contributed by atoms with Crippen LogP contribution in [0, 0.1) is 0 Å². The largest absolute Gasteiger partial charge is 0.496 e. The van der Waals surface area contributed by atoms with Crippen LogP contribution in [0.2, 0.25) is 0 Å². The number of benzene rings is 1. The van der Waals surface area contributed by atoms with Gasteiger partial charge >= 0.3 is 5.97 Å². The summed E-state index contributed by atoms with van der Waals surface area (Å²) in [5.74, 6) is -0.0532. The van der Waals surface area contributed by atoms with E-state index in [9.17, 15) is 9.90 Å². The van der Waals surface area contributed by atoms with Gasteiger partial charge in [0, 0.05) is 5.56 Å². The summed E-state index contributed by atoms with van der Waals surface area (Å²) >= 11 is 0. The molecule has 0 fully saturated rings.